The molecule has 8 nitrogen and oxygen atoms in total. The Morgan fingerprint density at radius 2 is 1.67 bits per heavy atom. The normalized spacial score (nSPS) is 14.8. The van der Waals surface area contributed by atoms with E-state index in [0.717, 1.165) is 19.4 Å². The summed E-state index contributed by atoms with van der Waals surface area (Å²) in [5.74, 6) is 0. The molecule has 0 spiro atoms. The Morgan fingerprint density at radius 3 is 2.17 bits per heavy atom. The van der Waals surface area contributed by atoms with Crippen LogP contribution in [0.3, 0.4) is 0 Å². The third kappa shape index (κ3) is 10.7. The smallest absolute Gasteiger partial charge is 0.395 e. The number of hydrogen-bond acceptors (Lipinski definition) is 8. The molecule has 0 amide bonds. The lowest BCUT2D eigenvalue weighted by Crippen LogP contribution is -2.51. The van der Waals surface area contributed by atoms with Crippen molar-refractivity contribution in [2.45, 2.75) is 52.4 Å². The van der Waals surface area contributed by atoms with Gasteiger partial charge in [0.2, 0.25) is 0 Å². The molecule has 0 bridgehead atoms. The van der Waals surface area contributed by atoms with E-state index in [1.54, 1.807) is 0 Å². The summed E-state index contributed by atoms with van der Waals surface area (Å²) in [4.78, 5) is 0. The van der Waals surface area contributed by atoms with E-state index in [4.69, 9.17) is 33.3 Å². The molecule has 0 fully saturated rings. The van der Waals surface area contributed by atoms with E-state index >= 15 is 0 Å². The highest BCUT2D eigenvalue weighted by atomic mass is 28.4. The maximum Gasteiger partial charge on any atom is 0.681 e. The van der Waals surface area contributed by atoms with Crippen molar-refractivity contribution in [3.05, 3.63) is 0 Å². The van der Waals surface area contributed by atoms with E-state index in [1.165, 1.54) is 7.11 Å². The van der Waals surface area contributed by atoms with Crippen molar-refractivity contribution in [2.24, 2.45) is 5.73 Å². The lowest BCUT2D eigenvalue weighted by atomic mass is 10.1. The Morgan fingerprint density at radius 1 is 1.00 bits per heavy atom. The van der Waals surface area contributed by atoms with Crippen LogP contribution in [0.25, 0.3) is 0 Å². The first kappa shape index (κ1) is 23.9. The fraction of sp³-hybridized carbons (Fsp3) is 1.00. The number of nitrogens with one attached hydrogen (secondary N) is 1. The molecule has 0 heterocycles. The summed E-state index contributed by atoms with van der Waals surface area (Å²) in [5, 5.41) is 11.8. The van der Waals surface area contributed by atoms with Crippen molar-refractivity contribution in [2.75, 3.05) is 46.6 Å². The average Bonchev–Trinajstić information content (AvgIpc) is 2.57. The number of nitrogens with two attached hydrogens (primary N) is 1. The average molecular weight is 369 g/mol. The lowest BCUT2D eigenvalue weighted by molar-refractivity contribution is -0.147. The Kier molecular flexibility index (Phi) is 15.1. The predicted octanol–water partition coefficient (Wildman–Crippen LogP) is 0.600. The molecule has 0 aromatic carbocycles. The summed E-state index contributed by atoms with van der Waals surface area (Å²) < 4.78 is 28.3. The second-order valence-corrected chi connectivity index (χ2v) is 7.39. The zero-order chi connectivity index (χ0) is 18.3. The largest absolute Gasteiger partial charge is 0.681 e. The molecule has 0 aliphatic rings. The highest BCUT2D eigenvalue weighted by Crippen LogP contribution is 2.18. The Balaban J connectivity index is 4.44. The van der Waals surface area contributed by atoms with Crippen molar-refractivity contribution in [3.63, 3.8) is 0 Å². The molecular formula is C15H36N2O6Si. The van der Waals surface area contributed by atoms with Crippen molar-refractivity contribution >= 4 is 9.05 Å². The number of hydrogen-bond donors (Lipinski definition) is 3. The van der Waals surface area contributed by atoms with Gasteiger partial charge in [-0.1, -0.05) is 0 Å². The van der Waals surface area contributed by atoms with Gasteiger partial charge in [-0.05, 0) is 46.6 Å². The lowest BCUT2D eigenvalue weighted by Gasteiger charge is -2.30. The molecular weight excluding hydrogens is 332 g/mol. The quantitative estimate of drug-likeness (QED) is 0.195. The first-order valence-corrected chi connectivity index (χ1v) is 10.4. The van der Waals surface area contributed by atoms with Gasteiger partial charge in [-0.2, -0.15) is 0 Å². The van der Waals surface area contributed by atoms with Gasteiger partial charge in [0.15, 0.2) is 6.29 Å². The Hall–Kier alpha value is -0.103. The fourth-order valence-corrected chi connectivity index (χ4v) is 3.90. The molecule has 0 aromatic heterocycles. The van der Waals surface area contributed by atoms with Gasteiger partial charge in [0.25, 0.3) is 0 Å². The fourth-order valence-electron chi connectivity index (χ4n) is 2.14. The van der Waals surface area contributed by atoms with Crippen LogP contribution in [0.4, 0.5) is 0 Å². The molecule has 0 radical (unpaired) electrons. The number of rotatable bonds is 17. The van der Waals surface area contributed by atoms with Crippen LogP contribution in [0.1, 0.15) is 40.0 Å². The summed E-state index contributed by atoms with van der Waals surface area (Å²) in [5.41, 5.74) is 6.12. The molecule has 2 atom stereocenters. The van der Waals surface area contributed by atoms with Crippen molar-refractivity contribution in [1.82, 2.24) is 5.32 Å². The number of aliphatic hydroxyl groups excluding tert-OH is 1. The van der Waals surface area contributed by atoms with Crippen LogP contribution in [-0.2, 0) is 22.4 Å². The molecule has 2 unspecified atom stereocenters. The molecule has 0 saturated carbocycles. The number of aliphatic hydroxyl groups is 1. The highest BCUT2D eigenvalue weighted by Gasteiger charge is 2.46. The molecule has 0 aromatic rings. The summed E-state index contributed by atoms with van der Waals surface area (Å²) in [7, 11) is -1.66. The monoisotopic (exact) mass is 368 g/mol. The Bertz CT molecular complexity index is 283. The van der Waals surface area contributed by atoms with Crippen LogP contribution < -0.4 is 11.1 Å². The van der Waals surface area contributed by atoms with Crippen molar-refractivity contribution < 1.29 is 27.5 Å². The Labute approximate surface area is 147 Å². The molecule has 146 valence electrons. The first-order chi connectivity index (χ1) is 11.6. The molecule has 0 saturated heterocycles. The first-order valence-electron chi connectivity index (χ1n) is 8.76. The SMILES string of the molecule is CCOC(CCC(N)CCNCCO)O[Si](OC)(OCC)OCC. The third-order valence-corrected chi connectivity index (χ3v) is 5.61. The van der Waals surface area contributed by atoms with E-state index in [-0.39, 0.29) is 12.6 Å². The van der Waals surface area contributed by atoms with Crippen molar-refractivity contribution in [3.8, 4) is 0 Å². The van der Waals surface area contributed by atoms with Gasteiger partial charge in [0, 0.05) is 39.5 Å². The van der Waals surface area contributed by atoms with Gasteiger partial charge in [-0.15, -0.1) is 0 Å². The summed E-state index contributed by atoms with van der Waals surface area (Å²) in [6.45, 7) is 8.54. The topological polar surface area (TPSA) is 104 Å². The zero-order valence-electron chi connectivity index (χ0n) is 15.6. The number of ether oxygens (including phenoxy) is 1. The summed E-state index contributed by atoms with van der Waals surface area (Å²) in [6.07, 6.45) is 1.73. The molecule has 9 heteroatoms. The van der Waals surface area contributed by atoms with E-state index in [9.17, 15) is 0 Å². The van der Waals surface area contributed by atoms with Gasteiger partial charge < -0.3 is 38.6 Å². The van der Waals surface area contributed by atoms with E-state index in [1.807, 2.05) is 20.8 Å². The zero-order valence-corrected chi connectivity index (χ0v) is 16.6. The third-order valence-electron chi connectivity index (χ3n) is 3.27. The summed E-state index contributed by atoms with van der Waals surface area (Å²) in [6, 6.07) is 0.0283. The second-order valence-electron chi connectivity index (χ2n) is 5.17. The van der Waals surface area contributed by atoms with Crippen LogP contribution >= 0.6 is 0 Å². The molecule has 0 rings (SSSR count). The van der Waals surface area contributed by atoms with Gasteiger partial charge in [0.1, 0.15) is 0 Å². The minimum absolute atomic E-state index is 0.0283. The predicted molar refractivity (Wildman–Crippen MR) is 94.3 cm³/mol. The standard InChI is InChI=1S/C15H36N2O6Si/c1-5-20-15(9-8-14(16)10-11-17-12-13-18)23-24(19-4,21-6-2)22-7-3/h14-15,17-18H,5-13,16H2,1-4H3. The van der Waals surface area contributed by atoms with Crippen LogP contribution in [0, 0.1) is 0 Å². The van der Waals surface area contributed by atoms with Gasteiger partial charge in [0.05, 0.1) is 6.61 Å². The second kappa shape index (κ2) is 15.2. The minimum atomic E-state index is -3.18. The van der Waals surface area contributed by atoms with Crippen molar-refractivity contribution in [1.29, 1.82) is 0 Å². The van der Waals surface area contributed by atoms with E-state index in [2.05, 4.69) is 5.32 Å². The van der Waals surface area contributed by atoms with Gasteiger partial charge in [-0.25, -0.2) is 0 Å². The van der Waals surface area contributed by atoms with Gasteiger partial charge in [-0.3, -0.25) is 0 Å². The minimum Gasteiger partial charge on any atom is -0.395 e. The molecule has 0 aliphatic carbocycles. The van der Waals surface area contributed by atoms with Crippen LogP contribution in [0.5, 0.6) is 0 Å². The summed E-state index contributed by atoms with van der Waals surface area (Å²) >= 11 is 0. The van der Waals surface area contributed by atoms with Crippen LogP contribution in [0.15, 0.2) is 0 Å². The van der Waals surface area contributed by atoms with E-state index < -0.39 is 15.3 Å². The molecule has 4 N–H and O–H groups in total. The van der Waals surface area contributed by atoms with E-state index in [0.29, 0.717) is 32.8 Å². The molecule has 24 heavy (non-hydrogen) atoms. The van der Waals surface area contributed by atoms with Crippen LogP contribution in [-0.4, -0.2) is 73.1 Å². The van der Waals surface area contributed by atoms with Crippen LogP contribution in [0.2, 0.25) is 0 Å². The van der Waals surface area contributed by atoms with Gasteiger partial charge >= 0.3 is 9.05 Å². The molecule has 0 aliphatic heterocycles. The maximum atomic E-state index is 8.73. The maximum absolute atomic E-state index is 8.73. The highest BCUT2D eigenvalue weighted by molar-refractivity contribution is 6.53.